The summed E-state index contributed by atoms with van der Waals surface area (Å²) in [5.41, 5.74) is 5.76. The van der Waals surface area contributed by atoms with Gasteiger partial charge in [-0.1, -0.05) is 0 Å². The Morgan fingerprint density at radius 2 is 2.18 bits per heavy atom. The fraction of sp³-hybridized carbons (Fsp3) is 0.600. The Labute approximate surface area is 96.0 Å². The van der Waals surface area contributed by atoms with Gasteiger partial charge in [-0.15, -0.1) is 0 Å². The summed E-state index contributed by atoms with van der Waals surface area (Å²) in [6, 6.07) is 0.0905. The Balaban J connectivity index is 2.18. The predicted molar refractivity (Wildman–Crippen MR) is 58.7 cm³/mol. The van der Waals surface area contributed by atoms with E-state index in [-0.39, 0.29) is 22.9 Å². The van der Waals surface area contributed by atoms with Gasteiger partial charge in [0.15, 0.2) is 5.65 Å². The van der Waals surface area contributed by atoms with E-state index < -0.39 is 6.43 Å². The van der Waals surface area contributed by atoms with Crippen molar-refractivity contribution in [3.63, 3.8) is 0 Å². The van der Waals surface area contributed by atoms with Crippen molar-refractivity contribution in [3.05, 3.63) is 5.69 Å². The van der Waals surface area contributed by atoms with Crippen molar-refractivity contribution in [2.45, 2.75) is 32.2 Å². The van der Waals surface area contributed by atoms with Crippen LogP contribution in [-0.2, 0) is 0 Å². The number of halogens is 2. The molecule has 0 aromatic carbocycles. The average molecular weight is 241 g/mol. The van der Waals surface area contributed by atoms with Gasteiger partial charge < -0.3 is 5.73 Å². The predicted octanol–water partition coefficient (Wildman–Crippen LogP) is 2.25. The quantitative estimate of drug-likeness (QED) is 0.865. The van der Waals surface area contributed by atoms with E-state index >= 15 is 0 Å². The molecule has 0 amide bonds. The van der Waals surface area contributed by atoms with Crippen molar-refractivity contribution in [2.75, 3.05) is 5.73 Å². The fourth-order valence-electron chi connectivity index (χ4n) is 2.19. The van der Waals surface area contributed by atoms with Gasteiger partial charge in [0.2, 0.25) is 0 Å². The number of hydrogen-bond donors (Lipinski definition) is 2. The molecule has 92 valence electrons. The number of nitrogen functional groups attached to an aromatic ring is 1. The van der Waals surface area contributed by atoms with Crippen LogP contribution in [0.15, 0.2) is 0 Å². The van der Waals surface area contributed by atoms with Gasteiger partial charge in [-0.05, 0) is 25.7 Å². The molecule has 1 saturated carbocycles. The summed E-state index contributed by atoms with van der Waals surface area (Å²) < 4.78 is 27.3. The Kier molecular flexibility index (Phi) is 2.11. The molecule has 1 aliphatic carbocycles. The van der Waals surface area contributed by atoms with Crippen molar-refractivity contribution in [3.8, 4) is 0 Å². The van der Waals surface area contributed by atoms with Crippen molar-refractivity contribution < 1.29 is 8.78 Å². The largest absolute Gasteiger partial charge is 0.383 e. The zero-order valence-electron chi connectivity index (χ0n) is 9.32. The molecule has 2 aromatic rings. The molecule has 1 atom stereocenters. The topological polar surface area (TPSA) is 72.5 Å². The van der Waals surface area contributed by atoms with Crippen molar-refractivity contribution in [1.82, 2.24) is 20.0 Å². The molecule has 2 aromatic heterocycles. The van der Waals surface area contributed by atoms with E-state index in [2.05, 4.69) is 15.3 Å². The lowest BCUT2D eigenvalue weighted by molar-refractivity contribution is 0.146. The molecule has 0 spiro atoms. The number of nitrogens with zero attached hydrogens (tertiary/aromatic N) is 3. The molecule has 1 aliphatic rings. The zero-order valence-corrected chi connectivity index (χ0v) is 9.32. The number of rotatable bonds is 3. The maximum Gasteiger partial charge on any atom is 0.282 e. The molecule has 0 radical (unpaired) electrons. The normalized spacial score (nSPS) is 18.1. The molecule has 3 N–H and O–H groups in total. The van der Waals surface area contributed by atoms with Crippen LogP contribution in [0, 0.1) is 5.92 Å². The van der Waals surface area contributed by atoms with E-state index in [0.29, 0.717) is 11.6 Å². The first-order valence-corrected chi connectivity index (χ1v) is 5.59. The summed E-state index contributed by atoms with van der Waals surface area (Å²) >= 11 is 0. The number of anilines is 1. The lowest BCUT2D eigenvalue weighted by atomic mass is 10.2. The number of nitrogens with one attached hydrogen (secondary N) is 1. The molecule has 7 heteroatoms. The zero-order chi connectivity index (χ0) is 12.2. The second kappa shape index (κ2) is 3.41. The van der Waals surface area contributed by atoms with Crippen molar-refractivity contribution in [2.24, 2.45) is 5.92 Å². The van der Waals surface area contributed by atoms with E-state index in [1.54, 1.807) is 4.68 Å². The second-order valence-corrected chi connectivity index (χ2v) is 4.54. The summed E-state index contributed by atoms with van der Waals surface area (Å²) in [6.45, 7) is 1.98. The Morgan fingerprint density at radius 1 is 1.47 bits per heavy atom. The monoisotopic (exact) mass is 241 g/mol. The van der Waals surface area contributed by atoms with Crippen LogP contribution in [0.5, 0.6) is 0 Å². The summed E-state index contributed by atoms with van der Waals surface area (Å²) in [5, 5.41) is 10.7. The third-order valence-corrected chi connectivity index (χ3v) is 3.36. The molecule has 0 bridgehead atoms. The van der Waals surface area contributed by atoms with E-state index in [0.717, 1.165) is 12.8 Å². The van der Waals surface area contributed by atoms with Gasteiger partial charge >= 0.3 is 0 Å². The van der Waals surface area contributed by atoms with E-state index in [1.165, 1.54) is 0 Å². The van der Waals surface area contributed by atoms with Crippen LogP contribution in [0.25, 0.3) is 11.0 Å². The van der Waals surface area contributed by atoms with Crippen LogP contribution >= 0.6 is 0 Å². The van der Waals surface area contributed by atoms with Crippen LogP contribution in [0.4, 0.5) is 14.6 Å². The number of aromatic nitrogens is 4. The first-order valence-electron chi connectivity index (χ1n) is 5.59. The minimum absolute atomic E-state index is 0.0905. The van der Waals surface area contributed by atoms with Gasteiger partial charge in [0, 0.05) is 0 Å². The van der Waals surface area contributed by atoms with Gasteiger partial charge in [-0.3, -0.25) is 5.10 Å². The first-order chi connectivity index (χ1) is 8.09. The molecular formula is C10H13F2N5. The maximum absolute atomic E-state index is 12.9. The highest BCUT2D eigenvalue weighted by molar-refractivity contribution is 5.89. The summed E-state index contributed by atoms with van der Waals surface area (Å²) in [4.78, 5) is 0. The molecule has 1 fully saturated rings. The number of hydrogen-bond acceptors (Lipinski definition) is 3. The van der Waals surface area contributed by atoms with Gasteiger partial charge in [0.25, 0.3) is 6.43 Å². The fourth-order valence-corrected chi connectivity index (χ4v) is 2.19. The molecule has 3 rings (SSSR count). The Bertz CT molecular complexity index is 554. The summed E-state index contributed by atoms with van der Waals surface area (Å²) in [6.07, 6.45) is -0.399. The Morgan fingerprint density at radius 3 is 2.76 bits per heavy atom. The molecule has 0 aliphatic heterocycles. The van der Waals surface area contributed by atoms with Crippen LogP contribution < -0.4 is 5.73 Å². The van der Waals surface area contributed by atoms with Crippen LogP contribution in [0.1, 0.15) is 37.9 Å². The summed E-state index contributed by atoms with van der Waals surface area (Å²) in [5.74, 6) is 0.672. The third kappa shape index (κ3) is 1.49. The molecule has 0 saturated heterocycles. The van der Waals surface area contributed by atoms with Gasteiger partial charge in [0.05, 0.1) is 11.4 Å². The maximum atomic E-state index is 12.9. The lowest BCUT2D eigenvalue weighted by Crippen LogP contribution is -2.09. The van der Waals surface area contributed by atoms with Gasteiger partial charge in [0.1, 0.15) is 11.5 Å². The SMILES string of the molecule is CC(C1CC1)n1nc(C(F)F)c2c(N)[nH]nc21. The number of fused-ring (bicyclic) bond motifs is 1. The number of alkyl halides is 2. The standard InChI is InChI=1S/C10H13F2N5/c1-4(5-2-3-5)17-10-6(9(13)14-15-10)7(16-17)8(11)12/h4-5,8H,2-3H2,1H3,(H3,13,14,15). The van der Waals surface area contributed by atoms with Gasteiger partial charge in [-0.25, -0.2) is 13.5 Å². The Hall–Kier alpha value is -1.66. The number of aromatic amines is 1. The van der Waals surface area contributed by atoms with Crippen LogP contribution in [0.2, 0.25) is 0 Å². The second-order valence-electron chi connectivity index (χ2n) is 4.54. The molecule has 1 unspecified atom stereocenters. The third-order valence-electron chi connectivity index (χ3n) is 3.36. The van der Waals surface area contributed by atoms with Crippen molar-refractivity contribution in [1.29, 1.82) is 0 Å². The highest BCUT2D eigenvalue weighted by Crippen LogP contribution is 2.41. The van der Waals surface area contributed by atoms with E-state index in [4.69, 9.17) is 5.73 Å². The number of nitrogens with two attached hydrogens (primary N) is 1. The van der Waals surface area contributed by atoms with Crippen molar-refractivity contribution >= 4 is 16.9 Å². The molecule has 5 nitrogen and oxygen atoms in total. The number of H-pyrrole nitrogens is 1. The highest BCUT2D eigenvalue weighted by atomic mass is 19.3. The van der Waals surface area contributed by atoms with E-state index in [9.17, 15) is 8.78 Å². The van der Waals surface area contributed by atoms with E-state index in [1.807, 2.05) is 6.92 Å². The molecule has 2 heterocycles. The van der Waals surface area contributed by atoms with Crippen LogP contribution in [0.3, 0.4) is 0 Å². The minimum Gasteiger partial charge on any atom is -0.383 e. The lowest BCUT2D eigenvalue weighted by Gasteiger charge is -2.10. The van der Waals surface area contributed by atoms with Gasteiger partial charge in [-0.2, -0.15) is 10.2 Å². The summed E-state index contributed by atoms with van der Waals surface area (Å²) in [7, 11) is 0. The molecule has 17 heavy (non-hydrogen) atoms. The highest BCUT2D eigenvalue weighted by Gasteiger charge is 2.33. The first kappa shape index (κ1) is 10.5. The molecular weight excluding hydrogens is 228 g/mol. The average Bonchev–Trinajstić information content (AvgIpc) is 2.96. The van der Waals surface area contributed by atoms with Crippen LogP contribution in [-0.4, -0.2) is 20.0 Å². The smallest absolute Gasteiger partial charge is 0.282 e. The minimum atomic E-state index is -2.63.